The second-order valence-corrected chi connectivity index (χ2v) is 8.37. The summed E-state index contributed by atoms with van der Waals surface area (Å²) >= 11 is 0. The van der Waals surface area contributed by atoms with Gasteiger partial charge in [-0.1, -0.05) is 17.7 Å². The molecule has 0 unspecified atom stereocenters. The van der Waals surface area contributed by atoms with Gasteiger partial charge in [-0.15, -0.1) is 0 Å². The first kappa shape index (κ1) is 16.3. The molecule has 1 saturated heterocycles. The molecule has 0 amide bonds. The van der Waals surface area contributed by atoms with Gasteiger partial charge in [0, 0.05) is 25.5 Å². The highest BCUT2D eigenvalue weighted by atomic mass is 32.2. The predicted molar refractivity (Wildman–Crippen MR) is 91.9 cm³/mol. The number of hydrogen-bond donors (Lipinski definition) is 0. The molecule has 2 aromatic rings. The van der Waals surface area contributed by atoms with Crippen molar-refractivity contribution in [2.45, 2.75) is 44.6 Å². The smallest absolute Gasteiger partial charge is 0.244 e. The van der Waals surface area contributed by atoms with Crippen LogP contribution >= 0.6 is 0 Å². The lowest BCUT2D eigenvalue weighted by atomic mass is 10.1. The highest BCUT2D eigenvalue weighted by molar-refractivity contribution is 7.89. The lowest BCUT2D eigenvalue weighted by Gasteiger charge is -2.26. The highest BCUT2D eigenvalue weighted by Crippen LogP contribution is 2.38. The van der Waals surface area contributed by atoms with Crippen molar-refractivity contribution in [3.63, 3.8) is 0 Å². The molecule has 0 spiro atoms. The van der Waals surface area contributed by atoms with Crippen LogP contribution in [0.2, 0.25) is 0 Å². The lowest BCUT2D eigenvalue weighted by Crippen LogP contribution is -2.32. The van der Waals surface area contributed by atoms with E-state index >= 15 is 0 Å². The van der Waals surface area contributed by atoms with Crippen molar-refractivity contribution in [1.29, 1.82) is 0 Å². The molecule has 0 aliphatic carbocycles. The van der Waals surface area contributed by atoms with Crippen molar-refractivity contribution in [3.8, 4) is 0 Å². The minimum Gasteiger partial charge on any atom is -0.353 e. The fourth-order valence-corrected chi connectivity index (χ4v) is 5.92. The Balaban J connectivity index is 2.08. The van der Waals surface area contributed by atoms with Gasteiger partial charge in [0.1, 0.15) is 0 Å². The van der Waals surface area contributed by atoms with E-state index in [1.54, 1.807) is 4.31 Å². The first-order valence-corrected chi connectivity index (χ1v) is 9.47. The molecule has 1 aromatic carbocycles. The Morgan fingerprint density at radius 3 is 2.35 bits per heavy atom. The monoisotopic (exact) mass is 332 g/mol. The van der Waals surface area contributed by atoms with Crippen LogP contribution in [0.15, 0.2) is 35.4 Å². The van der Waals surface area contributed by atoms with Crippen molar-refractivity contribution in [1.82, 2.24) is 8.87 Å². The molecule has 0 saturated carbocycles. The van der Waals surface area contributed by atoms with Crippen LogP contribution in [0.4, 0.5) is 0 Å². The van der Waals surface area contributed by atoms with Crippen LogP contribution in [0.1, 0.15) is 41.3 Å². The summed E-state index contributed by atoms with van der Waals surface area (Å²) in [4.78, 5) is 0.476. The second kappa shape index (κ2) is 5.80. The van der Waals surface area contributed by atoms with E-state index in [2.05, 4.69) is 0 Å². The summed E-state index contributed by atoms with van der Waals surface area (Å²) in [5.41, 5.74) is 3.83. The van der Waals surface area contributed by atoms with Crippen molar-refractivity contribution >= 4 is 10.0 Å². The summed E-state index contributed by atoms with van der Waals surface area (Å²) in [7, 11) is -1.52. The van der Waals surface area contributed by atoms with Gasteiger partial charge in [-0.25, -0.2) is 8.42 Å². The zero-order valence-electron chi connectivity index (χ0n) is 14.2. The van der Waals surface area contributed by atoms with E-state index in [0.717, 1.165) is 35.2 Å². The maximum atomic E-state index is 13.3. The number of aromatic nitrogens is 1. The molecule has 3 rings (SSSR count). The Labute approximate surface area is 138 Å². The van der Waals surface area contributed by atoms with Gasteiger partial charge in [0.25, 0.3) is 0 Å². The molecule has 0 bridgehead atoms. The third kappa shape index (κ3) is 2.72. The minimum atomic E-state index is -3.49. The fourth-order valence-electron chi connectivity index (χ4n) is 3.83. The van der Waals surface area contributed by atoms with Gasteiger partial charge in [0.2, 0.25) is 10.0 Å². The molecule has 2 heterocycles. The van der Waals surface area contributed by atoms with Crippen LogP contribution in [0.3, 0.4) is 0 Å². The molecule has 124 valence electrons. The van der Waals surface area contributed by atoms with E-state index < -0.39 is 10.0 Å². The van der Waals surface area contributed by atoms with Gasteiger partial charge in [-0.05, 0) is 56.9 Å². The molecule has 1 aliphatic rings. The van der Waals surface area contributed by atoms with Gasteiger partial charge < -0.3 is 4.57 Å². The molecule has 4 nitrogen and oxygen atoms in total. The lowest BCUT2D eigenvalue weighted by molar-refractivity contribution is 0.384. The normalized spacial score (nSPS) is 19.4. The van der Waals surface area contributed by atoms with E-state index in [1.165, 1.54) is 0 Å². The van der Waals surface area contributed by atoms with Gasteiger partial charge in [0.05, 0.1) is 10.9 Å². The average Bonchev–Trinajstić information content (AvgIpc) is 3.04. The molecule has 0 radical (unpaired) electrons. The number of hydrogen-bond acceptors (Lipinski definition) is 2. The SMILES string of the molecule is Cc1cc(C)c(S(=O)(=O)N2CCC[C@@H]2c2cccn2C)c(C)c1. The second-order valence-electron chi connectivity index (χ2n) is 6.55. The number of rotatable bonds is 3. The zero-order valence-corrected chi connectivity index (χ0v) is 15.0. The molecule has 1 aliphatic heterocycles. The Bertz CT molecular complexity index is 813. The van der Waals surface area contributed by atoms with Crippen LogP contribution in [0, 0.1) is 20.8 Å². The molecule has 0 N–H and O–H groups in total. The number of aryl methyl sites for hydroxylation is 4. The van der Waals surface area contributed by atoms with Crippen molar-refractivity contribution < 1.29 is 8.42 Å². The molecular formula is C18H24N2O2S. The Hall–Kier alpha value is -1.59. The first-order chi connectivity index (χ1) is 10.8. The van der Waals surface area contributed by atoms with Crippen LogP contribution in [0.25, 0.3) is 0 Å². The molecule has 23 heavy (non-hydrogen) atoms. The molecular weight excluding hydrogens is 308 g/mol. The number of benzene rings is 1. The van der Waals surface area contributed by atoms with Crippen molar-refractivity contribution in [3.05, 3.63) is 52.8 Å². The van der Waals surface area contributed by atoms with E-state index in [1.807, 2.05) is 62.8 Å². The van der Waals surface area contributed by atoms with Crippen molar-refractivity contribution in [2.24, 2.45) is 7.05 Å². The van der Waals surface area contributed by atoms with E-state index in [-0.39, 0.29) is 6.04 Å². The van der Waals surface area contributed by atoms with E-state index in [0.29, 0.717) is 11.4 Å². The van der Waals surface area contributed by atoms with Gasteiger partial charge >= 0.3 is 0 Å². The summed E-state index contributed by atoms with van der Waals surface area (Å²) in [6.45, 7) is 6.37. The topological polar surface area (TPSA) is 42.3 Å². The van der Waals surface area contributed by atoms with E-state index in [9.17, 15) is 8.42 Å². The van der Waals surface area contributed by atoms with Crippen LogP contribution in [-0.4, -0.2) is 23.8 Å². The quantitative estimate of drug-likeness (QED) is 0.863. The largest absolute Gasteiger partial charge is 0.353 e. The predicted octanol–water partition coefficient (Wildman–Crippen LogP) is 3.48. The Morgan fingerprint density at radius 1 is 1.13 bits per heavy atom. The average molecular weight is 332 g/mol. The molecule has 1 atom stereocenters. The van der Waals surface area contributed by atoms with Gasteiger partial charge in [-0.3, -0.25) is 0 Å². The third-order valence-corrected chi connectivity index (χ3v) is 6.91. The molecule has 1 fully saturated rings. The first-order valence-electron chi connectivity index (χ1n) is 8.03. The third-order valence-electron chi connectivity index (χ3n) is 4.70. The Kier molecular flexibility index (Phi) is 4.10. The summed E-state index contributed by atoms with van der Waals surface area (Å²) in [6.07, 6.45) is 3.75. The molecule has 1 aromatic heterocycles. The minimum absolute atomic E-state index is 0.0693. The fraction of sp³-hybridized carbons (Fsp3) is 0.444. The molecule has 5 heteroatoms. The maximum absolute atomic E-state index is 13.3. The van der Waals surface area contributed by atoms with Crippen molar-refractivity contribution in [2.75, 3.05) is 6.54 Å². The zero-order chi connectivity index (χ0) is 16.8. The highest BCUT2D eigenvalue weighted by Gasteiger charge is 2.38. The van der Waals surface area contributed by atoms with Gasteiger partial charge in [-0.2, -0.15) is 4.31 Å². The number of sulfonamides is 1. The maximum Gasteiger partial charge on any atom is 0.244 e. The van der Waals surface area contributed by atoms with Crippen LogP contribution in [-0.2, 0) is 17.1 Å². The van der Waals surface area contributed by atoms with Crippen LogP contribution < -0.4 is 0 Å². The summed E-state index contributed by atoms with van der Waals surface area (Å²) in [6, 6.07) is 7.83. The number of nitrogens with zero attached hydrogens (tertiary/aromatic N) is 2. The summed E-state index contributed by atoms with van der Waals surface area (Å²) < 4.78 is 30.4. The summed E-state index contributed by atoms with van der Waals surface area (Å²) in [5.74, 6) is 0. The van der Waals surface area contributed by atoms with Gasteiger partial charge in [0.15, 0.2) is 0 Å². The van der Waals surface area contributed by atoms with Crippen LogP contribution in [0.5, 0.6) is 0 Å². The summed E-state index contributed by atoms with van der Waals surface area (Å²) in [5, 5.41) is 0. The standard InChI is InChI=1S/C18H24N2O2S/c1-13-11-14(2)18(15(3)12-13)23(21,22)20-10-6-8-17(20)16-7-5-9-19(16)4/h5,7,9,11-12,17H,6,8,10H2,1-4H3/t17-/m1/s1. The van der Waals surface area contributed by atoms with E-state index in [4.69, 9.17) is 0 Å². The Morgan fingerprint density at radius 2 is 1.78 bits per heavy atom.